The molecule has 2 aromatic heterocycles. The van der Waals surface area contributed by atoms with Crippen LogP contribution in [0.25, 0.3) is 5.95 Å². The highest BCUT2D eigenvalue weighted by molar-refractivity contribution is 8.00. The van der Waals surface area contributed by atoms with E-state index >= 15 is 0 Å². The minimum Gasteiger partial charge on any atom is -0.357 e. The van der Waals surface area contributed by atoms with Crippen molar-refractivity contribution in [1.82, 2.24) is 24.7 Å². The lowest BCUT2D eigenvalue weighted by Crippen LogP contribution is -2.09. The second kappa shape index (κ2) is 6.18. The summed E-state index contributed by atoms with van der Waals surface area (Å²) < 4.78 is 23.7. The maximum atomic E-state index is 11.1. The van der Waals surface area contributed by atoms with Crippen molar-refractivity contribution in [2.24, 2.45) is 0 Å². The largest absolute Gasteiger partial charge is 0.357 e. The number of nitrogens with zero attached hydrogens (tertiary/aromatic N) is 5. The number of sulfone groups is 1. The van der Waals surface area contributed by atoms with Crippen LogP contribution in [0.15, 0.2) is 23.6 Å². The molecule has 2 heterocycles. The number of hydrogen-bond donors (Lipinski definition) is 1. The van der Waals surface area contributed by atoms with E-state index in [0.717, 1.165) is 0 Å². The lowest BCUT2D eigenvalue weighted by Gasteiger charge is -2.06. The summed E-state index contributed by atoms with van der Waals surface area (Å²) >= 11 is 1.27. The fourth-order valence-electron chi connectivity index (χ4n) is 1.30. The minimum absolute atomic E-state index is 0.0787. The maximum Gasteiger partial charge on any atom is 0.256 e. The lowest BCUT2D eigenvalue weighted by molar-refractivity contribution is 0.603. The van der Waals surface area contributed by atoms with E-state index in [1.165, 1.54) is 22.7 Å². The Kier molecular flexibility index (Phi) is 4.55. The van der Waals surface area contributed by atoms with Gasteiger partial charge in [0.2, 0.25) is 5.95 Å². The molecule has 0 saturated heterocycles. The second-order valence-corrected chi connectivity index (χ2v) is 7.24. The molecule has 0 aliphatic heterocycles. The van der Waals surface area contributed by atoms with Crippen molar-refractivity contribution in [3.63, 3.8) is 0 Å². The van der Waals surface area contributed by atoms with Gasteiger partial charge in [-0.25, -0.2) is 13.1 Å². The predicted molar refractivity (Wildman–Crippen MR) is 76.9 cm³/mol. The third-order valence-corrected chi connectivity index (χ3v) is 4.27. The number of thioether (sulfide) groups is 1. The number of aromatic nitrogens is 5. The molecular weight excluding hydrogens is 300 g/mol. The van der Waals surface area contributed by atoms with Crippen LogP contribution in [0.2, 0.25) is 0 Å². The summed E-state index contributed by atoms with van der Waals surface area (Å²) in [7, 11) is -1.29. The Morgan fingerprint density at radius 2 is 2.15 bits per heavy atom. The Hall–Kier alpha value is -1.68. The van der Waals surface area contributed by atoms with Crippen molar-refractivity contribution < 1.29 is 8.42 Å². The fraction of sp³-hybridized carbons (Fsp3) is 0.400. The van der Waals surface area contributed by atoms with Gasteiger partial charge in [0.15, 0.2) is 5.16 Å². The Balaban J connectivity index is 2.18. The summed E-state index contributed by atoms with van der Waals surface area (Å²) in [5, 5.41) is 7.35. The van der Waals surface area contributed by atoms with Gasteiger partial charge in [0.25, 0.3) is 5.95 Å². The molecule has 108 valence electrons. The van der Waals surface area contributed by atoms with Crippen molar-refractivity contribution in [3.05, 3.63) is 18.5 Å². The Morgan fingerprint density at radius 1 is 1.35 bits per heavy atom. The van der Waals surface area contributed by atoms with E-state index in [9.17, 15) is 8.42 Å². The van der Waals surface area contributed by atoms with E-state index in [1.54, 1.807) is 25.5 Å². The highest BCUT2D eigenvalue weighted by Crippen LogP contribution is 2.16. The van der Waals surface area contributed by atoms with Crippen LogP contribution in [-0.4, -0.2) is 58.0 Å². The highest BCUT2D eigenvalue weighted by Gasteiger charge is 2.09. The molecule has 0 bridgehead atoms. The summed E-state index contributed by atoms with van der Waals surface area (Å²) in [5.41, 5.74) is 0. The van der Waals surface area contributed by atoms with Gasteiger partial charge in [-0.1, -0.05) is 11.8 Å². The molecule has 0 aromatic carbocycles. The zero-order chi connectivity index (χ0) is 14.6. The van der Waals surface area contributed by atoms with Crippen molar-refractivity contribution >= 4 is 27.5 Å². The molecule has 0 aliphatic carbocycles. The maximum absolute atomic E-state index is 11.1. The van der Waals surface area contributed by atoms with E-state index in [2.05, 4.69) is 25.4 Å². The van der Waals surface area contributed by atoms with E-state index in [4.69, 9.17) is 0 Å². The van der Waals surface area contributed by atoms with Crippen molar-refractivity contribution in [1.29, 1.82) is 0 Å². The summed E-state index contributed by atoms with van der Waals surface area (Å²) in [6.45, 7) is 0. The summed E-state index contributed by atoms with van der Waals surface area (Å²) in [5.74, 6) is 1.27. The van der Waals surface area contributed by atoms with E-state index in [1.807, 2.05) is 0 Å². The first-order chi connectivity index (χ1) is 9.48. The molecule has 0 atom stereocenters. The van der Waals surface area contributed by atoms with E-state index < -0.39 is 9.84 Å². The fourth-order valence-corrected chi connectivity index (χ4v) is 3.32. The van der Waals surface area contributed by atoms with Crippen molar-refractivity contribution in [2.45, 2.75) is 5.16 Å². The number of rotatable bonds is 6. The highest BCUT2D eigenvalue weighted by atomic mass is 32.2. The molecule has 0 unspecified atom stereocenters. The van der Waals surface area contributed by atoms with Gasteiger partial charge in [0.05, 0.1) is 5.75 Å². The Morgan fingerprint density at radius 3 is 2.75 bits per heavy atom. The first kappa shape index (κ1) is 14.7. The average molecular weight is 314 g/mol. The predicted octanol–water partition coefficient (Wildman–Crippen LogP) is 0.236. The van der Waals surface area contributed by atoms with E-state index in [0.29, 0.717) is 22.8 Å². The minimum atomic E-state index is -2.99. The van der Waals surface area contributed by atoms with E-state index in [-0.39, 0.29) is 5.75 Å². The van der Waals surface area contributed by atoms with Crippen LogP contribution in [0.3, 0.4) is 0 Å². The van der Waals surface area contributed by atoms with Crippen LogP contribution >= 0.6 is 11.8 Å². The zero-order valence-electron chi connectivity index (χ0n) is 11.0. The van der Waals surface area contributed by atoms with Crippen LogP contribution in [0.4, 0.5) is 5.95 Å². The van der Waals surface area contributed by atoms with Crippen LogP contribution in [-0.2, 0) is 9.84 Å². The third-order valence-electron chi connectivity index (χ3n) is 2.22. The second-order valence-electron chi connectivity index (χ2n) is 3.92. The number of hydrogen-bond acceptors (Lipinski definition) is 8. The van der Waals surface area contributed by atoms with Gasteiger partial charge < -0.3 is 5.32 Å². The first-order valence-corrected chi connectivity index (χ1v) is 8.77. The van der Waals surface area contributed by atoms with Gasteiger partial charge in [0.1, 0.15) is 9.84 Å². The summed E-state index contributed by atoms with van der Waals surface area (Å²) in [4.78, 5) is 12.6. The molecule has 0 aliphatic rings. The van der Waals surface area contributed by atoms with Gasteiger partial charge in [-0.05, 0) is 6.07 Å². The number of anilines is 1. The van der Waals surface area contributed by atoms with Gasteiger partial charge in [-0.15, -0.1) is 0 Å². The monoisotopic (exact) mass is 314 g/mol. The third kappa shape index (κ3) is 4.17. The standard InChI is InChI=1S/C10H14N6O2S2/c1-11-8-13-9(16-5-3-4-12-16)15-10(14-8)19-6-7-20(2,17)18/h3-5H,6-7H2,1-2H3,(H,11,13,14,15). The topological polar surface area (TPSA) is 103 Å². The molecule has 1 N–H and O–H groups in total. The zero-order valence-corrected chi connectivity index (χ0v) is 12.6. The average Bonchev–Trinajstić information content (AvgIpc) is 2.90. The molecular formula is C10H14N6O2S2. The van der Waals surface area contributed by atoms with Gasteiger partial charge >= 0.3 is 0 Å². The molecule has 0 amide bonds. The SMILES string of the molecule is CNc1nc(SCCS(C)(=O)=O)nc(-n2cccn2)n1. The molecule has 10 heteroatoms. The van der Waals surface area contributed by atoms with Crippen molar-refractivity contribution in [2.75, 3.05) is 30.1 Å². The van der Waals surface area contributed by atoms with Crippen LogP contribution in [0.1, 0.15) is 0 Å². The van der Waals surface area contributed by atoms with Crippen LogP contribution in [0, 0.1) is 0 Å². The van der Waals surface area contributed by atoms with Crippen molar-refractivity contribution in [3.8, 4) is 5.95 Å². The molecule has 2 aromatic rings. The molecule has 0 radical (unpaired) electrons. The quantitative estimate of drug-likeness (QED) is 0.756. The first-order valence-electron chi connectivity index (χ1n) is 5.72. The Labute approximate surface area is 121 Å². The number of nitrogens with one attached hydrogen (secondary N) is 1. The molecule has 0 saturated carbocycles. The van der Waals surface area contributed by atoms with Gasteiger partial charge in [-0.3, -0.25) is 0 Å². The normalized spacial score (nSPS) is 11.5. The van der Waals surface area contributed by atoms with Crippen LogP contribution < -0.4 is 5.32 Å². The molecule has 8 nitrogen and oxygen atoms in total. The Bertz CT molecular complexity index is 671. The molecule has 0 spiro atoms. The van der Waals surface area contributed by atoms with Gasteiger partial charge in [-0.2, -0.15) is 20.1 Å². The van der Waals surface area contributed by atoms with Gasteiger partial charge in [0, 0.05) is 31.4 Å². The smallest absolute Gasteiger partial charge is 0.256 e. The van der Waals surface area contributed by atoms with Crippen LogP contribution in [0.5, 0.6) is 0 Å². The lowest BCUT2D eigenvalue weighted by atomic mass is 10.7. The summed E-state index contributed by atoms with van der Waals surface area (Å²) in [6, 6.07) is 1.76. The molecule has 0 fully saturated rings. The molecule has 2 rings (SSSR count). The molecule has 20 heavy (non-hydrogen) atoms. The summed E-state index contributed by atoms with van der Waals surface area (Å²) in [6.07, 6.45) is 4.55.